The van der Waals surface area contributed by atoms with Crippen LogP contribution in [0.2, 0.25) is 0 Å². The van der Waals surface area contributed by atoms with Crippen molar-refractivity contribution in [2.45, 2.75) is 32.6 Å². The molecule has 0 atom stereocenters. The second-order valence-corrected chi connectivity index (χ2v) is 7.64. The lowest BCUT2D eigenvalue weighted by Crippen LogP contribution is -2.16. The average molecular weight is 514 g/mol. The molecule has 1 N–H and O–H groups in total. The maximum atomic E-state index is 13.0. The minimum Gasteiger partial charge on any atom is -0.465 e. The highest BCUT2D eigenvalue weighted by Crippen LogP contribution is 2.35. The Morgan fingerprint density at radius 2 is 1.97 bits per heavy atom. The van der Waals surface area contributed by atoms with Crippen molar-refractivity contribution in [2.75, 3.05) is 12.4 Å². The summed E-state index contributed by atoms with van der Waals surface area (Å²) in [5, 5.41) is 10.4. The summed E-state index contributed by atoms with van der Waals surface area (Å²) in [6.07, 6.45) is -1.64. The van der Waals surface area contributed by atoms with Gasteiger partial charge in [0.2, 0.25) is 5.91 Å². The third-order valence-electron chi connectivity index (χ3n) is 4.62. The number of ether oxygens (including phenoxy) is 1. The highest BCUT2D eigenvalue weighted by Gasteiger charge is 2.37. The number of esters is 1. The van der Waals surface area contributed by atoms with E-state index in [-0.39, 0.29) is 29.7 Å². The summed E-state index contributed by atoms with van der Waals surface area (Å²) in [5.41, 5.74) is 0.779. The van der Waals surface area contributed by atoms with E-state index in [2.05, 4.69) is 31.4 Å². The van der Waals surface area contributed by atoms with Gasteiger partial charge in [0.1, 0.15) is 0 Å². The van der Waals surface area contributed by atoms with Crippen molar-refractivity contribution < 1.29 is 27.5 Å². The number of aromatic nitrogens is 4. The lowest BCUT2D eigenvalue weighted by molar-refractivity contribution is -0.142. The van der Waals surface area contributed by atoms with E-state index < -0.39 is 23.7 Å². The summed E-state index contributed by atoms with van der Waals surface area (Å²) in [6, 6.07) is 6.93. The molecule has 0 aliphatic heterocycles. The summed E-state index contributed by atoms with van der Waals surface area (Å²) >= 11 is 2.90. The van der Waals surface area contributed by atoms with E-state index in [1.807, 2.05) is 0 Å². The molecule has 2 heterocycles. The van der Waals surface area contributed by atoms with Gasteiger partial charge >= 0.3 is 12.1 Å². The molecule has 0 bridgehead atoms. The van der Waals surface area contributed by atoms with E-state index in [0.717, 1.165) is 4.68 Å². The molecular weight excluding hydrogens is 495 g/mol. The van der Waals surface area contributed by atoms with Gasteiger partial charge < -0.3 is 10.1 Å². The van der Waals surface area contributed by atoms with Gasteiger partial charge in [0.25, 0.3) is 0 Å². The molecule has 0 unspecified atom stereocenters. The van der Waals surface area contributed by atoms with Crippen LogP contribution < -0.4 is 5.32 Å². The van der Waals surface area contributed by atoms with Crippen LogP contribution in [0.1, 0.15) is 33.7 Å². The van der Waals surface area contributed by atoms with Gasteiger partial charge in [0, 0.05) is 12.6 Å². The first kappa shape index (κ1) is 23.5. The fourth-order valence-electron chi connectivity index (χ4n) is 3.01. The van der Waals surface area contributed by atoms with Gasteiger partial charge in [-0.05, 0) is 34.5 Å². The fourth-order valence-corrected chi connectivity index (χ4v) is 3.52. The Labute approximate surface area is 189 Å². The summed E-state index contributed by atoms with van der Waals surface area (Å²) < 4.78 is 46.2. The number of amides is 1. The Bertz CT molecular complexity index is 1140. The van der Waals surface area contributed by atoms with Gasteiger partial charge in [0.15, 0.2) is 5.69 Å². The van der Waals surface area contributed by atoms with Crippen LogP contribution in [0.3, 0.4) is 0 Å². The molecule has 0 saturated carbocycles. The number of halogens is 4. The number of nitrogens with zero attached hydrogens (tertiary/aromatic N) is 4. The molecule has 0 spiro atoms. The Balaban J connectivity index is 1.61. The molecule has 1 amide bonds. The van der Waals surface area contributed by atoms with Gasteiger partial charge in [-0.2, -0.15) is 23.4 Å². The van der Waals surface area contributed by atoms with E-state index in [9.17, 15) is 22.8 Å². The normalized spacial score (nSPS) is 11.4. The Morgan fingerprint density at radius 3 is 2.62 bits per heavy atom. The van der Waals surface area contributed by atoms with Gasteiger partial charge in [-0.3, -0.25) is 14.2 Å². The van der Waals surface area contributed by atoms with Gasteiger partial charge in [0.05, 0.1) is 47.8 Å². The largest absolute Gasteiger partial charge is 0.465 e. The van der Waals surface area contributed by atoms with Crippen molar-refractivity contribution in [1.82, 2.24) is 19.6 Å². The number of rotatable bonds is 7. The molecule has 8 nitrogen and oxygen atoms in total. The Morgan fingerprint density at radius 1 is 1.25 bits per heavy atom. The molecule has 12 heteroatoms. The lowest BCUT2D eigenvalue weighted by Gasteiger charge is -2.08. The number of benzene rings is 1. The van der Waals surface area contributed by atoms with Crippen LogP contribution >= 0.6 is 15.9 Å². The van der Waals surface area contributed by atoms with Crippen molar-refractivity contribution in [2.24, 2.45) is 0 Å². The molecule has 3 rings (SSSR count). The van der Waals surface area contributed by atoms with Crippen LogP contribution in [-0.4, -0.2) is 38.5 Å². The number of carbonyl (C=O) groups is 2. The molecule has 2 aromatic heterocycles. The number of hydrogen-bond donors (Lipinski definition) is 1. The molecule has 0 radical (unpaired) electrons. The molecule has 0 aliphatic rings. The third kappa shape index (κ3) is 5.36. The SMILES string of the molecule is COC(=O)c1ccccc1Cn1cc(NC(=O)CCn2nc(C(F)(F)F)c(Br)c2C)cn1. The van der Waals surface area contributed by atoms with E-state index >= 15 is 0 Å². The first-order chi connectivity index (χ1) is 15.1. The molecule has 170 valence electrons. The van der Waals surface area contributed by atoms with E-state index in [4.69, 9.17) is 4.74 Å². The molecular formula is C20H19BrF3N5O3. The van der Waals surface area contributed by atoms with Gasteiger partial charge in [-0.1, -0.05) is 18.2 Å². The molecule has 3 aromatic rings. The zero-order chi connectivity index (χ0) is 23.5. The van der Waals surface area contributed by atoms with Crippen molar-refractivity contribution in [3.05, 3.63) is 63.6 Å². The standard InChI is InChI=1S/C20H19BrF3N5O3/c1-12-17(21)18(20(22,23)24)27-29(12)8-7-16(30)26-14-9-25-28(11-14)10-13-5-3-4-6-15(13)19(31)32-2/h3-6,9,11H,7-8,10H2,1-2H3,(H,26,30). The number of nitrogens with one attached hydrogen (secondary N) is 1. The average Bonchev–Trinajstić information content (AvgIpc) is 3.30. The predicted molar refractivity (Wildman–Crippen MR) is 112 cm³/mol. The first-order valence-corrected chi connectivity index (χ1v) is 10.2. The summed E-state index contributed by atoms with van der Waals surface area (Å²) in [5.74, 6) is -0.866. The third-order valence-corrected chi connectivity index (χ3v) is 5.57. The maximum absolute atomic E-state index is 13.0. The maximum Gasteiger partial charge on any atom is 0.436 e. The van der Waals surface area contributed by atoms with Crippen molar-refractivity contribution in [3.8, 4) is 0 Å². The molecule has 1 aromatic carbocycles. The second-order valence-electron chi connectivity index (χ2n) is 6.84. The van der Waals surface area contributed by atoms with Crippen LogP contribution in [0.4, 0.5) is 18.9 Å². The predicted octanol–water partition coefficient (Wildman–Crippen LogP) is 4.03. The molecule has 0 saturated heterocycles. The number of hydrogen-bond acceptors (Lipinski definition) is 5. The fraction of sp³-hybridized carbons (Fsp3) is 0.300. The lowest BCUT2D eigenvalue weighted by atomic mass is 10.1. The zero-order valence-corrected chi connectivity index (χ0v) is 18.7. The number of methoxy groups -OCH3 is 1. The topological polar surface area (TPSA) is 91.0 Å². The smallest absolute Gasteiger partial charge is 0.436 e. The Kier molecular flexibility index (Phi) is 7.02. The van der Waals surface area contributed by atoms with Crippen LogP contribution in [0.25, 0.3) is 0 Å². The second kappa shape index (κ2) is 9.55. The minimum atomic E-state index is -4.59. The monoisotopic (exact) mass is 513 g/mol. The minimum absolute atomic E-state index is 0.0208. The molecule has 32 heavy (non-hydrogen) atoms. The van der Waals surface area contributed by atoms with Gasteiger partial charge in [-0.15, -0.1) is 0 Å². The first-order valence-electron chi connectivity index (χ1n) is 9.38. The van der Waals surface area contributed by atoms with Crippen molar-refractivity contribution in [1.29, 1.82) is 0 Å². The summed E-state index contributed by atoms with van der Waals surface area (Å²) in [4.78, 5) is 24.1. The van der Waals surface area contributed by atoms with Crippen LogP contribution in [-0.2, 0) is 28.8 Å². The Hall–Kier alpha value is -3.15. The number of aryl methyl sites for hydroxylation is 1. The number of alkyl halides is 3. The number of anilines is 1. The van der Waals surface area contributed by atoms with E-state index in [1.54, 1.807) is 35.1 Å². The highest BCUT2D eigenvalue weighted by molar-refractivity contribution is 9.10. The van der Waals surface area contributed by atoms with Crippen molar-refractivity contribution >= 4 is 33.5 Å². The van der Waals surface area contributed by atoms with Crippen LogP contribution in [0.5, 0.6) is 0 Å². The van der Waals surface area contributed by atoms with Gasteiger partial charge in [-0.25, -0.2) is 4.79 Å². The van der Waals surface area contributed by atoms with E-state index in [0.29, 0.717) is 16.8 Å². The number of carbonyl (C=O) groups excluding carboxylic acids is 2. The summed E-state index contributed by atoms with van der Waals surface area (Å²) in [6.45, 7) is 1.75. The quantitative estimate of drug-likeness (QED) is 0.481. The molecule has 0 aliphatic carbocycles. The van der Waals surface area contributed by atoms with Crippen LogP contribution in [0, 0.1) is 6.92 Å². The van der Waals surface area contributed by atoms with E-state index in [1.165, 1.54) is 20.2 Å². The van der Waals surface area contributed by atoms with Crippen molar-refractivity contribution in [3.63, 3.8) is 0 Å². The highest BCUT2D eigenvalue weighted by atomic mass is 79.9. The van der Waals surface area contributed by atoms with Crippen LogP contribution in [0.15, 0.2) is 41.1 Å². The molecule has 0 fully saturated rings. The zero-order valence-electron chi connectivity index (χ0n) is 17.1. The summed E-state index contributed by atoms with van der Waals surface area (Å²) in [7, 11) is 1.30.